The van der Waals surface area contributed by atoms with Crippen LogP contribution >= 0.6 is 15.9 Å². The second-order valence-electron chi connectivity index (χ2n) is 4.62. The first-order valence-corrected chi connectivity index (χ1v) is 7.14. The lowest BCUT2D eigenvalue weighted by molar-refractivity contribution is 0.0955. The maximum atomic E-state index is 11.8. The van der Waals surface area contributed by atoms with Gasteiger partial charge in [0.1, 0.15) is 0 Å². The summed E-state index contributed by atoms with van der Waals surface area (Å²) in [5.74, 6) is 0.374. The summed E-state index contributed by atoms with van der Waals surface area (Å²) in [7, 11) is 0. The van der Waals surface area contributed by atoms with Gasteiger partial charge in [-0.05, 0) is 43.0 Å². The molecule has 2 rings (SSSR count). The Morgan fingerprint density at radius 3 is 2.56 bits per heavy atom. The summed E-state index contributed by atoms with van der Waals surface area (Å²) in [6, 6.07) is 7.24. The fourth-order valence-electron chi connectivity index (χ4n) is 2.15. The first-order chi connectivity index (χ1) is 8.75. The Labute approximate surface area is 116 Å². The normalized spacial score (nSPS) is 16.9. The zero-order chi connectivity index (χ0) is 12.8. The van der Waals surface area contributed by atoms with E-state index in [1.807, 2.05) is 18.3 Å². The minimum Gasteiger partial charge on any atom is -0.267 e. The lowest BCUT2D eigenvalue weighted by atomic mass is 9.90. The summed E-state index contributed by atoms with van der Waals surface area (Å²) in [6.45, 7) is 0. The van der Waals surface area contributed by atoms with Gasteiger partial charge in [-0.1, -0.05) is 35.2 Å². The molecule has 0 heterocycles. The number of halogens is 1. The predicted octanol–water partition coefficient (Wildman–Crippen LogP) is 3.75. The van der Waals surface area contributed by atoms with Gasteiger partial charge in [0.15, 0.2) is 0 Å². The summed E-state index contributed by atoms with van der Waals surface area (Å²) in [5.41, 5.74) is 3.20. The molecule has 0 aliphatic heterocycles. The van der Waals surface area contributed by atoms with Crippen molar-refractivity contribution in [1.29, 1.82) is 0 Å². The molecule has 18 heavy (non-hydrogen) atoms. The van der Waals surface area contributed by atoms with E-state index < -0.39 is 0 Å². The first kappa shape index (κ1) is 13.3. The number of nitrogens with zero attached hydrogens (tertiary/aromatic N) is 1. The van der Waals surface area contributed by atoms with Crippen molar-refractivity contribution in [3.8, 4) is 0 Å². The van der Waals surface area contributed by atoms with Crippen LogP contribution in [-0.4, -0.2) is 12.1 Å². The van der Waals surface area contributed by atoms with Gasteiger partial charge in [0, 0.05) is 16.3 Å². The molecule has 0 spiro atoms. The van der Waals surface area contributed by atoms with E-state index in [9.17, 15) is 4.79 Å². The van der Waals surface area contributed by atoms with Crippen LogP contribution in [0.3, 0.4) is 0 Å². The smallest absolute Gasteiger partial charge is 0.267 e. The average molecular weight is 309 g/mol. The van der Waals surface area contributed by atoms with E-state index in [0.717, 1.165) is 4.47 Å². The molecule has 1 amide bonds. The standard InChI is InChI=1S/C14H17BrN2O/c15-13-8-6-12(7-9-13)14(18)17-16-10-11-4-2-1-3-5-11/h6-11H,1-5H2,(H,17,18)/b16-10-. The van der Waals surface area contributed by atoms with Gasteiger partial charge in [-0.3, -0.25) is 4.79 Å². The van der Waals surface area contributed by atoms with E-state index >= 15 is 0 Å². The fourth-order valence-corrected chi connectivity index (χ4v) is 2.41. The van der Waals surface area contributed by atoms with Crippen LogP contribution in [0.2, 0.25) is 0 Å². The molecule has 1 aromatic carbocycles. The number of hydrazone groups is 1. The third-order valence-electron chi connectivity index (χ3n) is 3.21. The number of carbonyl (C=O) groups is 1. The van der Waals surface area contributed by atoms with E-state index in [-0.39, 0.29) is 5.91 Å². The largest absolute Gasteiger partial charge is 0.271 e. The molecule has 1 saturated carbocycles. The molecular formula is C14H17BrN2O. The number of benzene rings is 1. The molecule has 0 unspecified atom stereocenters. The fraction of sp³-hybridized carbons (Fsp3) is 0.429. The number of amides is 1. The van der Waals surface area contributed by atoms with Gasteiger partial charge in [-0.2, -0.15) is 5.10 Å². The monoisotopic (exact) mass is 308 g/mol. The molecule has 0 saturated heterocycles. The van der Waals surface area contributed by atoms with Crippen LogP contribution in [0.4, 0.5) is 0 Å². The molecule has 96 valence electrons. The number of nitrogens with one attached hydrogen (secondary N) is 1. The predicted molar refractivity (Wildman–Crippen MR) is 76.7 cm³/mol. The van der Waals surface area contributed by atoms with Crippen LogP contribution < -0.4 is 5.43 Å². The summed E-state index contributed by atoms with van der Waals surface area (Å²) in [5, 5.41) is 4.06. The van der Waals surface area contributed by atoms with Gasteiger partial charge in [0.25, 0.3) is 5.91 Å². The van der Waals surface area contributed by atoms with Crippen molar-refractivity contribution in [3.63, 3.8) is 0 Å². The molecule has 1 aromatic rings. The molecule has 0 atom stereocenters. The summed E-state index contributed by atoms with van der Waals surface area (Å²) in [4.78, 5) is 11.8. The van der Waals surface area contributed by atoms with Crippen molar-refractivity contribution < 1.29 is 4.79 Å². The minimum absolute atomic E-state index is 0.158. The van der Waals surface area contributed by atoms with Crippen molar-refractivity contribution in [2.24, 2.45) is 11.0 Å². The lowest BCUT2D eigenvalue weighted by Crippen LogP contribution is -2.19. The first-order valence-electron chi connectivity index (χ1n) is 6.35. The maximum absolute atomic E-state index is 11.8. The highest BCUT2D eigenvalue weighted by molar-refractivity contribution is 9.10. The Morgan fingerprint density at radius 1 is 1.22 bits per heavy atom. The SMILES string of the molecule is O=C(N/N=C\C1CCCCC1)c1ccc(Br)cc1. The van der Waals surface area contributed by atoms with Crippen LogP contribution in [0.1, 0.15) is 42.5 Å². The topological polar surface area (TPSA) is 41.5 Å². The summed E-state index contributed by atoms with van der Waals surface area (Å²) >= 11 is 3.34. The van der Waals surface area contributed by atoms with E-state index in [1.54, 1.807) is 12.1 Å². The Balaban J connectivity index is 1.83. The molecule has 1 N–H and O–H groups in total. The van der Waals surface area contributed by atoms with Gasteiger partial charge in [0.2, 0.25) is 0 Å². The van der Waals surface area contributed by atoms with E-state index in [0.29, 0.717) is 11.5 Å². The van der Waals surface area contributed by atoms with Crippen LogP contribution in [-0.2, 0) is 0 Å². The number of rotatable bonds is 3. The molecule has 0 aromatic heterocycles. The van der Waals surface area contributed by atoms with Crippen LogP contribution in [0.15, 0.2) is 33.8 Å². The highest BCUT2D eigenvalue weighted by Gasteiger charge is 2.11. The minimum atomic E-state index is -0.158. The maximum Gasteiger partial charge on any atom is 0.271 e. The van der Waals surface area contributed by atoms with Gasteiger partial charge < -0.3 is 0 Å². The second kappa shape index (κ2) is 6.69. The Bertz CT molecular complexity index is 422. The molecule has 0 bridgehead atoms. The van der Waals surface area contributed by atoms with Crippen molar-refractivity contribution in [2.75, 3.05) is 0 Å². The van der Waals surface area contributed by atoms with Crippen molar-refractivity contribution in [1.82, 2.24) is 5.43 Å². The molecule has 1 aliphatic rings. The number of hydrogen-bond donors (Lipinski definition) is 1. The third-order valence-corrected chi connectivity index (χ3v) is 3.74. The molecule has 4 heteroatoms. The Hall–Kier alpha value is -1.16. The van der Waals surface area contributed by atoms with E-state index in [4.69, 9.17) is 0 Å². The second-order valence-corrected chi connectivity index (χ2v) is 5.54. The summed E-state index contributed by atoms with van der Waals surface area (Å²) < 4.78 is 0.963. The Morgan fingerprint density at radius 2 is 1.89 bits per heavy atom. The van der Waals surface area contributed by atoms with E-state index in [1.165, 1.54) is 32.1 Å². The van der Waals surface area contributed by atoms with E-state index in [2.05, 4.69) is 26.5 Å². The van der Waals surface area contributed by atoms with Gasteiger partial charge in [-0.25, -0.2) is 5.43 Å². The molecular weight excluding hydrogens is 292 g/mol. The Kier molecular flexibility index (Phi) is 4.93. The molecule has 1 fully saturated rings. The molecule has 1 aliphatic carbocycles. The number of hydrogen-bond acceptors (Lipinski definition) is 2. The van der Waals surface area contributed by atoms with Crippen molar-refractivity contribution in [3.05, 3.63) is 34.3 Å². The highest BCUT2D eigenvalue weighted by atomic mass is 79.9. The number of carbonyl (C=O) groups excluding carboxylic acids is 1. The third kappa shape index (κ3) is 3.95. The average Bonchev–Trinajstić information content (AvgIpc) is 2.40. The molecule has 0 radical (unpaired) electrons. The van der Waals surface area contributed by atoms with Crippen molar-refractivity contribution in [2.45, 2.75) is 32.1 Å². The summed E-state index contributed by atoms with van der Waals surface area (Å²) in [6.07, 6.45) is 8.15. The van der Waals surface area contributed by atoms with Gasteiger partial charge in [0.05, 0.1) is 0 Å². The van der Waals surface area contributed by atoms with Crippen molar-refractivity contribution >= 4 is 28.1 Å². The zero-order valence-electron chi connectivity index (χ0n) is 10.2. The highest BCUT2D eigenvalue weighted by Crippen LogP contribution is 2.21. The van der Waals surface area contributed by atoms with Crippen LogP contribution in [0.5, 0.6) is 0 Å². The van der Waals surface area contributed by atoms with Crippen LogP contribution in [0, 0.1) is 5.92 Å². The lowest BCUT2D eigenvalue weighted by Gasteiger charge is -2.16. The van der Waals surface area contributed by atoms with Gasteiger partial charge >= 0.3 is 0 Å². The van der Waals surface area contributed by atoms with Crippen LogP contribution in [0.25, 0.3) is 0 Å². The zero-order valence-corrected chi connectivity index (χ0v) is 11.8. The quantitative estimate of drug-likeness (QED) is 0.670. The molecule has 3 nitrogen and oxygen atoms in total. The van der Waals surface area contributed by atoms with Gasteiger partial charge in [-0.15, -0.1) is 0 Å².